The number of nitrogen functional groups attached to an aromatic ring is 1. The highest BCUT2D eigenvalue weighted by atomic mass is 79.9. The van der Waals surface area contributed by atoms with Crippen molar-refractivity contribution in [2.24, 2.45) is 0 Å². The fourth-order valence-corrected chi connectivity index (χ4v) is 3.97. The summed E-state index contributed by atoms with van der Waals surface area (Å²) in [5, 5.41) is 18.3. The minimum absolute atomic E-state index is 0.185. The number of aryl methyl sites for hydroxylation is 2. The number of halogens is 1. The van der Waals surface area contributed by atoms with Gasteiger partial charge in [0.2, 0.25) is 0 Å². The van der Waals surface area contributed by atoms with E-state index in [1.807, 2.05) is 38.1 Å². The molecule has 0 bridgehead atoms. The summed E-state index contributed by atoms with van der Waals surface area (Å²) in [7, 11) is 0. The number of carboxylic acid groups (broad SMARTS) is 1. The third-order valence-corrected chi connectivity index (χ3v) is 5.66. The average Bonchev–Trinajstić information content (AvgIpc) is 3.05. The van der Waals surface area contributed by atoms with E-state index in [4.69, 9.17) is 5.73 Å². The molecule has 0 unspecified atom stereocenters. The van der Waals surface area contributed by atoms with Crippen LogP contribution in [0.5, 0.6) is 0 Å². The first kappa shape index (κ1) is 19.9. The van der Waals surface area contributed by atoms with Crippen molar-refractivity contribution in [2.75, 3.05) is 11.1 Å². The summed E-state index contributed by atoms with van der Waals surface area (Å²) < 4.78 is 2.30. The fraction of sp³-hybridized carbons (Fsp3) is 0.136. The lowest BCUT2D eigenvalue weighted by Gasteiger charge is -2.11. The number of carbonyl (C=O) groups is 1. The molecule has 152 valence electrons. The molecule has 4 aromatic rings. The Kier molecular flexibility index (Phi) is 5.17. The van der Waals surface area contributed by atoms with Crippen LogP contribution >= 0.6 is 15.9 Å². The Balaban J connectivity index is 1.68. The molecule has 0 amide bonds. The SMILES string of the molecule is Cc1cc(C)c(N)c(NCc2ccc3nn(-c4ccccc4C(=O)O)c(Br)c3c2)n1. The Hall–Kier alpha value is -3.39. The summed E-state index contributed by atoms with van der Waals surface area (Å²) in [6, 6.07) is 14.6. The van der Waals surface area contributed by atoms with Crippen LogP contribution in [0.15, 0.2) is 53.1 Å². The first-order valence-corrected chi connectivity index (χ1v) is 10.1. The highest BCUT2D eigenvalue weighted by Gasteiger charge is 2.17. The number of fused-ring (bicyclic) bond motifs is 1. The van der Waals surface area contributed by atoms with Gasteiger partial charge in [0.05, 0.1) is 22.5 Å². The standard InChI is InChI=1S/C22H20BrN5O2/c1-12-9-13(2)26-21(19(12)24)25-11-14-7-8-17-16(10-14)20(23)28(27-17)18-6-4-3-5-15(18)22(29)30/h3-10H,11,24H2,1-2H3,(H,25,26)(H,29,30). The number of nitrogens with zero attached hydrogens (tertiary/aromatic N) is 3. The van der Waals surface area contributed by atoms with E-state index < -0.39 is 5.97 Å². The normalized spacial score (nSPS) is 11.0. The van der Waals surface area contributed by atoms with E-state index in [1.165, 1.54) is 0 Å². The minimum Gasteiger partial charge on any atom is -0.478 e. The van der Waals surface area contributed by atoms with Gasteiger partial charge in [0.25, 0.3) is 0 Å². The average molecular weight is 466 g/mol. The van der Waals surface area contributed by atoms with E-state index in [1.54, 1.807) is 28.9 Å². The predicted molar refractivity (Wildman–Crippen MR) is 121 cm³/mol. The minimum atomic E-state index is -1.000. The van der Waals surface area contributed by atoms with Gasteiger partial charge in [-0.15, -0.1) is 0 Å². The van der Waals surface area contributed by atoms with Crippen molar-refractivity contribution in [1.29, 1.82) is 0 Å². The van der Waals surface area contributed by atoms with Gasteiger partial charge in [0.1, 0.15) is 10.4 Å². The van der Waals surface area contributed by atoms with E-state index in [2.05, 4.69) is 31.3 Å². The predicted octanol–water partition coefficient (Wildman–Crippen LogP) is 4.69. The van der Waals surface area contributed by atoms with Crippen LogP contribution in [0.4, 0.5) is 11.5 Å². The number of rotatable bonds is 5. The molecule has 8 heteroatoms. The molecule has 30 heavy (non-hydrogen) atoms. The van der Waals surface area contributed by atoms with E-state index in [0.29, 0.717) is 28.3 Å². The second kappa shape index (κ2) is 7.79. The Morgan fingerprint density at radius 2 is 1.97 bits per heavy atom. The van der Waals surface area contributed by atoms with Crippen molar-refractivity contribution in [3.05, 3.63) is 75.5 Å². The number of pyridine rings is 1. The molecule has 0 saturated carbocycles. The molecule has 0 atom stereocenters. The van der Waals surface area contributed by atoms with Crippen LogP contribution in [0.25, 0.3) is 16.6 Å². The summed E-state index contributed by atoms with van der Waals surface area (Å²) in [5.74, 6) is -0.335. The Labute approximate surface area is 181 Å². The number of nitrogens with two attached hydrogens (primary N) is 1. The monoisotopic (exact) mass is 465 g/mol. The molecule has 0 fully saturated rings. The molecule has 0 aliphatic carbocycles. The molecule has 0 aliphatic heterocycles. The van der Waals surface area contributed by atoms with Gasteiger partial charge in [0.15, 0.2) is 0 Å². The van der Waals surface area contributed by atoms with E-state index >= 15 is 0 Å². The molecule has 0 spiro atoms. The maximum atomic E-state index is 11.6. The summed E-state index contributed by atoms with van der Waals surface area (Å²) in [5.41, 5.74) is 11.1. The van der Waals surface area contributed by atoms with Crippen molar-refractivity contribution in [2.45, 2.75) is 20.4 Å². The lowest BCUT2D eigenvalue weighted by Crippen LogP contribution is -2.06. The third kappa shape index (κ3) is 3.61. The zero-order chi connectivity index (χ0) is 21.4. The Morgan fingerprint density at radius 1 is 1.20 bits per heavy atom. The van der Waals surface area contributed by atoms with Gasteiger partial charge >= 0.3 is 5.97 Å². The number of aromatic carboxylic acids is 1. The van der Waals surface area contributed by atoms with Gasteiger partial charge in [-0.25, -0.2) is 14.5 Å². The summed E-state index contributed by atoms with van der Waals surface area (Å²) >= 11 is 3.59. The van der Waals surface area contributed by atoms with Gasteiger partial charge in [0, 0.05) is 17.6 Å². The van der Waals surface area contributed by atoms with Crippen molar-refractivity contribution in [3.8, 4) is 5.69 Å². The van der Waals surface area contributed by atoms with Crippen molar-refractivity contribution >= 4 is 44.3 Å². The van der Waals surface area contributed by atoms with E-state index in [-0.39, 0.29) is 5.56 Å². The smallest absolute Gasteiger partial charge is 0.337 e. The summed E-state index contributed by atoms with van der Waals surface area (Å²) in [4.78, 5) is 16.1. The molecular weight excluding hydrogens is 446 g/mol. The van der Waals surface area contributed by atoms with E-state index in [0.717, 1.165) is 27.7 Å². The maximum Gasteiger partial charge on any atom is 0.337 e. The molecular formula is C22H20BrN5O2. The van der Waals surface area contributed by atoms with Crippen LogP contribution in [0, 0.1) is 13.8 Å². The molecule has 4 N–H and O–H groups in total. The maximum absolute atomic E-state index is 11.6. The van der Waals surface area contributed by atoms with E-state index in [9.17, 15) is 9.90 Å². The second-order valence-corrected chi connectivity index (χ2v) is 7.82. The number of hydrogen-bond acceptors (Lipinski definition) is 5. The molecule has 0 radical (unpaired) electrons. The van der Waals surface area contributed by atoms with Crippen molar-refractivity contribution in [3.63, 3.8) is 0 Å². The quantitative estimate of drug-likeness (QED) is 0.394. The summed E-state index contributed by atoms with van der Waals surface area (Å²) in [6.07, 6.45) is 0. The van der Waals surface area contributed by atoms with Gasteiger partial charge in [-0.1, -0.05) is 18.2 Å². The number of benzene rings is 2. The van der Waals surface area contributed by atoms with Crippen LogP contribution in [0.3, 0.4) is 0 Å². The Morgan fingerprint density at radius 3 is 2.73 bits per heavy atom. The molecule has 2 heterocycles. The van der Waals surface area contributed by atoms with Crippen LogP contribution in [-0.2, 0) is 6.54 Å². The molecule has 0 saturated heterocycles. The van der Waals surface area contributed by atoms with Gasteiger partial charge in [-0.2, -0.15) is 5.10 Å². The number of para-hydroxylation sites is 1. The van der Waals surface area contributed by atoms with Gasteiger partial charge < -0.3 is 16.2 Å². The molecule has 0 aliphatic rings. The first-order valence-electron chi connectivity index (χ1n) is 9.32. The topological polar surface area (TPSA) is 106 Å². The number of carboxylic acids is 1. The van der Waals surface area contributed by atoms with Gasteiger partial charge in [-0.3, -0.25) is 0 Å². The Bertz CT molecular complexity index is 1280. The third-order valence-electron chi connectivity index (χ3n) is 4.89. The van der Waals surface area contributed by atoms with Gasteiger partial charge in [-0.05, 0) is 71.2 Å². The number of hydrogen-bond donors (Lipinski definition) is 3. The molecule has 7 nitrogen and oxygen atoms in total. The van der Waals surface area contributed by atoms with Crippen LogP contribution in [0.1, 0.15) is 27.2 Å². The highest BCUT2D eigenvalue weighted by molar-refractivity contribution is 9.10. The second-order valence-electron chi connectivity index (χ2n) is 7.07. The largest absolute Gasteiger partial charge is 0.478 e. The zero-order valence-corrected chi connectivity index (χ0v) is 18.1. The fourth-order valence-electron chi connectivity index (χ4n) is 3.38. The van der Waals surface area contributed by atoms with Crippen LogP contribution in [-0.4, -0.2) is 25.8 Å². The number of anilines is 2. The number of nitrogens with one attached hydrogen (secondary N) is 1. The molecule has 2 aromatic carbocycles. The highest BCUT2D eigenvalue weighted by Crippen LogP contribution is 2.29. The van der Waals surface area contributed by atoms with Crippen molar-refractivity contribution < 1.29 is 9.90 Å². The molecule has 2 aromatic heterocycles. The van der Waals surface area contributed by atoms with Crippen LogP contribution in [0.2, 0.25) is 0 Å². The lowest BCUT2D eigenvalue weighted by molar-refractivity contribution is 0.0696. The van der Waals surface area contributed by atoms with Crippen molar-refractivity contribution in [1.82, 2.24) is 14.8 Å². The molecule has 4 rings (SSSR count). The first-order chi connectivity index (χ1) is 14.3. The zero-order valence-electron chi connectivity index (χ0n) is 16.5. The lowest BCUT2D eigenvalue weighted by atomic mass is 10.1. The summed E-state index contributed by atoms with van der Waals surface area (Å²) in [6.45, 7) is 4.44. The number of aromatic nitrogens is 3. The van der Waals surface area contributed by atoms with Crippen LogP contribution < -0.4 is 11.1 Å².